The third-order valence-corrected chi connectivity index (χ3v) is 4.64. The van der Waals surface area contributed by atoms with E-state index in [9.17, 15) is 0 Å². The molecule has 1 aromatic heterocycles. The monoisotopic (exact) mass is 283 g/mol. The molecule has 1 aromatic carbocycles. The highest BCUT2D eigenvalue weighted by Crippen LogP contribution is 2.30. The van der Waals surface area contributed by atoms with Gasteiger partial charge in [-0.05, 0) is 18.4 Å². The summed E-state index contributed by atoms with van der Waals surface area (Å²) < 4.78 is 2.34. The molecule has 0 aliphatic heterocycles. The number of imidazole rings is 1. The Morgan fingerprint density at radius 1 is 1.00 bits per heavy atom. The van der Waals surface area contributed by atoms with E-state index in [1.165, 1.54) is 44.9 Å². The molecule has 0 saturated heterocycles. The van der Waals surface area contributed by atoms with Crippen LogP contribution in [0.2, 0.25) is 0 Å². The number of nitrogens with two attached hydrogens (primary N) is 1. The topological polar surface area (TPSA) is 43.8 Å². The van der Waals surface area contributed by atoms with Crippen LogP contribution in [0.15, 0.2) is 42.9 Å². The van der Waals surface area contributed by atoms with Crippen LogP contribution in [0.4, 0.5) is 0 Å². The highest BCUT2D eigenvalue weighted by molar-refractivity contribution is 5.26. The van der Waals surface area contributed by atoms with E-state index in [0.717, 1.165) is 11.3 Å². The van der Waals surface area contributed by atoms with Crippen molar-refractivity contribution < 1.29 is 0 Å². The van der Waals surface area contributed by atoms with E-state index >= 15 is 0 Å². The Hall–Kier alpha value is -1.61. The van der Waals surface area contributed by atoms with Gasteiger partial charge in [-0.3, -0.25) is 0 Å². The van der Waals surface area contributed by atoms with Crippen molar-refractivity contribution in [2.24, 2.45) is 5.73 Å². The van der Waals surface area contributed by atoms with E-state index in [1.807, 2.05) is 30.7 Å². The molecule has 2 aromatic rings. The summed E-state index contributed by atoms with van der Waals surface area (Å²) in [6.45, 7) is 0. The molecule has 3 heteroatoms. The maximum Gasteiger partial charge on any atom is 0.0951 e. The molecule has 3 rings (SSSR count). The quantitative estimate of drug-likeness (QED) is 0.916. The van der Waals surface area contributed by atoms with Crippen LogP contribution in [0.5, 0.6) is 0 Å². The Morgan fingerprint density at radius 2 is 1.67 bits per heavy atom. The van der Waals surface area contributed by atoms with E-state index in [-0.39, 0.29) is 6.04 Å². The van der Waals surface area contributed by atoms with Crippen LogP contribution in [0.1, 0.15) is 68.3 Å². The summed E-state index contributed by atoms with van der Waals surface area (Å²) in [6, 6.07) is 10.8. The molecule has 1 heterocycles. The lowest BCUT2D eigenvalue weighted by Gasteiger charge is -2.25. The molecule has 112 valence electrons. The fourth-order valence-corrected chi connectivity index (χ4v) is 3.40. The van der Waals surface area contributed by atoms with Crippen LogP contribution in [0.25, 0.3) is 0 Å². The van der Waals surface area contributed by atoms with Crippen molar-refractivity contribution in [1.82, 2.24) is 9.55 Å². The number of aromatic nitrogens is 2. The summed E-state index contributed by atoms with van der Waals surface area (Å²) in [4.78, 5) is 4.38. The Morgan fingerprint density at radius 3 is 2.38 bits per heavy atom. The molecule has 1 unspecified atom stereocenters. The summed E-state index contributed by atoms with van der Waals surface area (Å²) in [6.07, 6.45) is 13.2. The molecule has 0 bridgehead atoms. The Kier molecular flexibility index (Phi) is 4.71. The number of benzene rings is 1. The lowest BCUT2D eigenvalue weighted by Crippen LogP contribution is -2.20. The zero-order valence-electron chi connectivity index (χ0n) is 12.6. The first kappa shape index (κ1) is 14.3. The molecule has 3 nitrogen and oxygen atoms in total. The molecule has 1 saturated carbocycles. The van der Waals surface area contributed by atoms with Crippen molar-refractivity contribution in [3.05, 3.63) is 54.1 Å². The average Bonchev–Trinajstić information content (AvgIpc) is 2.96. The summed E-state index contributed by atoms with van der Waals surface area (Å²) in [5.41, 5.74) is 8.78. The van der Waals surface area contributed by atoms with Gasteiger partial charge in [0, 0.05) is 6.04 Å². The third kappa shape index (κ3) is 3.35. The maximum atomic E-state index is 6.48. The Balaban J connectivity index is 1.82. The van der Waals surface area contributed by atoms with Crippen molar-refractivity contribution in [3.8, 4) is 0 Å². The van der Waals surface area contributed by atoms with Crippen LogP contribution >= 0.6 is 0 Å². The highest BCUT2D eigenvalue weighted by atomic mass is 15.1. The number of hydrogen-bond acceptors (Lipinski definition) is 2. The van der Waals surface area contributed by atoms with Crippen molar-refractivity contribution in [3.63, 3.8) is 0 Å². The molecular weight excluding hydrogens is 258 g/mol. The number of hydrogen-bond donors (Lipinski definition) is 1. The zero-order valence-corrected chi connectivity index (χ0v) is 12.6. The molecule has 0 spiro atoms. The Bertz CT molecular complexity index is 539. The van der Waals surface area contributed by atoms with Gasteiger partial charge >= 0.3 is 0 Å². The normalized spacial score (nSPS) is 18.9. The van der Waals surface area contributed by atoms with Gasteiger partial charge in [0.25, 0.3) is 0 Å². The van der Waals surface area contributed by atoms with Gasteiger partial charge < -0.3 is 10.3 Å². The average molecular weight is 283 g/mol. The lowest BCUT2D eigenvalue weighted by atomic mass is 9.96. The summed E-state index contributed by atoms with van der Waals surface area (Å²) in [5.74, 6) is 0. The molecule has 2 N–H and O–H groups in total. The van der Waals surface area contributed by atoms with E-state index in [2.05, 4.69) is 21.7 Å². The van der Waals surface area contributed by atoms with Gasteiger partial charge in [0.05, 0.1) is 24.3 Å². The van der Waals surface area contributed by atoms with Gasteiger partial charge in [-0.1, -0.05) is 62.4 Å². The fourth-order valence-electron chi connectivity index (χ4n) is 3.40. The molecule has 0 amide bonds. The maximum absolute atomic E-state index is 6.48. The first-order chi connectivity index (χ1) is 10.4. The van der Waals surface area contributed by atoms with Crippen molar-refractivity contribution in [2.45, 2.75) is 57.0 Å². The fraction of sp³-hybridized carbons (Fsp3) is 0.500. The predicted molar refractivity (Wildman–Crippen MR) is 86.1 cm³/mol. The molecule has 0 radical (unpaired) electrons. The second-order valence-electron chi connectivity index (χ2n) is 6.11. The van der Waals surface area contributed by atoms with Crippen LogP contribution < -0.4 is 5.73 Å². The minimum absolute atomic E-state index is 0.0841. The van der Waals surface area contributed by atoms with Crippen LogP contribution in [-0.2, 0) is 0 Å². The lowest BCUT2D eigenvalue weighted by molar-refractivity contribution is 0.363. The van der Waals surface area contributed by atoms with Crippen LogP contribution in [0.3, 0.4) is 0 Å². The minimum Gasteiger partial charge on any atom is -0.330 e. The molecule has 1 fully saturated rings. The predicted octanol–water partition coefficient (Wildman–Crippen LogP) is 4.22. The summed E-state index contributed by atoms with van der Waals surface area (Å²) in [5, 5.41) is 0. The third-order valence-electron chi connectivity index (χ3n) is 4.64. The standard InChI is InChI=1S/C18H25N3/c19-18(15-9-5-4-6-10-15)17-13-20-14-21(17)16-11-7-2-1-3-8-12-16/h4-6,9-10,13-14,16,18H,1-3,7-8,11-12,19H2. The second-order valence-corrected chi connectivity index (χ2v) is 6.11. The molecular formula is C18H25N3. The summed E-state index contributed by atoms with van der Waals surface area (Å²) >= 11 is 0. The first-order valence-corrected chi connectivity index (χ1v) is 8.18. The molecule has 1 aliphatic carbocycles. The van der Waals surface area contributed by atoms with Gasteiger partial charge in [-0.25, -0.2) is 4.98 Å². The number of rotatable bonds is 3. The second kappa shape index (κ2) is 6.90. The SMILES string of the molecule is NC(c1ccccc1)c1cncn1C1CCCCCCC1. The largest absolute Gasteiger partial charge is 0.330 e. The zero-order chi connectivity index (χ0) is 14.5. The van der Waals surface area contributed by atoms with E-state index in [4.69, 9.17) is 5.73 Å². The van der Waals surface area contributed by atoms with Crippen molar-refractivity contribution in [1.29, 1.82) is 0 Å². The summed E-state index contributed by atoms with van der Waals surface area (Å²) in [7, 11) is 0. The van der Waals surface area contributed by atoms with Gasteiger partial charge in [-0.2, -0.15) is 0 Å². The highest BCUT2D eigenvalue weighted by Gasteiger charge is 2.20. The molecule has 1 atom stereocenters. The van der Waals surface area contributed by atoms with Gasteiger partial charge in [0.15, 0.2) is 0 Å². The van der Waals surface area contributed by atoms with Crippen molar-refractivity contribution in [2.75, 3.05) is 0 Å². The van der Waals surface area contributed by atoms with Gasteiger partial charge in [-0.15, -0.1) is 0 Å². The van der Waals surface area contributed by atoms with Crippen LogP contribution in [0, 0.1) is 0 Å². The van der Waals surface area contributed by atoms with Crippen molar-refractivity contribution >= 4 is 0 Å². The number of nitrogens with zero attached hydrogens (tertiary/aromatic N) is 2. The van der Waals surface area contributed by atoms with Gasteiger partial charge in [0.1, 0.15) is 0 Å². The van der Waals surface area contributed by atoms with E-state index in [0.29, 0.717) is 6.04 Å². The minimum atomic E-state index is -0.0841. The van der Waals surface area contributed by atoms with Crippen LogP contribution in [-0.4, -0.2) is 9.55 Å². The van der Waals surface area contributed by atoms with Gasteiger partial charge in [0.2, 0.25) is 0 Å². The Labute approximate surface area is 127 Å². The molecule has 1 aliphatic rings. The van der Waals surface area contributed by atoms with E-state index < -0.39 is 0 Å². The molecule has 21 heavy (non-hydrogen) atoms. The first-order valence-electron chi connectivity index (χ1n) is 8.18. The van der Waals surface area contributed by atoms with E-state index in [1.54, 1.807) is 0 Å². The smallest absolute Gasteiger partial charge is 0.0951 e.